The Kier molecular flexibility index (Phi) is 4.06. The number of hydrogen-bond donors (Lipinski definition) is 1. The number of rotatable bonds is 2. The van der Waals surface area contributed by atoms with Crippen molar-refractivity contribution in [3.05, 3.63) is 30.1 Å². The first-order valence-corrected chi connectivity index (χ1v) is 8.02. The lowest BCUT2D eigenvalue weighted by Crippen LogP contribution is -2.34. The fraction of sp³-hybridized carbons (Fsp3) is 0.588. The molecule has 0 saturated heterocycles. The summed E-state index contributed by atoms with van der Waals surface area (Å²) in [6.45, 7) is 2.19. The van der Waals surface area contributed by atoms with Crippen molar-refractivity contribution in [2.75, 3.05) is 0 Å². The molecule has 1 aliphatic carbocycles. The van der Waals surface area contributed by atoms with Gasteiger partial charge in [-0.3, -0.25) is 0 Å². The molecule has 1 aliphatic rings. The van der Waals surface area contributed by atoms with Gasteiger partial charge in [0.05, 0.1) is 17.1 Å². The summed E-state index contributed by atoms with van der Waals surface area (Å²) < 4.78 is 2.44. The molecule has 1 heterocycles. The van der Waals surface area contributed by atoms with Crippen molar-refractivity contribution >= 4 is 11.0 Å². The van der Waals surface area contributed by atoms with E-state index in [0.717, 1.165) is 18.4 Å². The predicted octanol–water partition coefficient (Wildman–Crippen LogP) is 3.82. The zero-order chi connectivity index (χ0) is 13.9. The lowest BCUT2D eigenvalue weighted by atomic mass is 9.92. The number of aryl methyl sites for hydroxylation is 1. The van der Waals surface area contributed by atoms with Gasteiger partial charge in [-0.15, -0.1) is 0 Å². The van der Waals surface area contributed by atoms with Gasteiger partial charge in [0.2, 0.25) is 0 Å². The topological polar surface area (TPSA) is 43.8 Å². The highest BCUT2D eigenvalue weighted by Crippen LogP contribution is 2.30. The van der Waals surface area contributed by atoms with E-state index in [-0.39, 0.29) is 6.04 Å². The number of hydrogen-bond acceptors (Lipinski definition) is 2. The van der Waals surface area contributed by atoms with Crippen molar-refractivity contribution in [2.24, 2.45) is 5.73 Å². The number of fused-ring (bicyclic) bond motifs is 1. The Bertz CT molecular complexity index is 573. The molecule has 0 radical (unpaired) electrons. The molecule has 3 rings (SSSR count). The van der Waals surface area contributed by atoms with E-state index in [9.17, 15) is 0 Å². The molecule has 0 amide bonds. The summed E-state index contributed by atoms with van der Waals surface area (Å²) in [5, 5.41) is 0. The molecule has 20 heavy (non-hydrogen) atoms. The van der Waals surface area contributed by atoms with Crippen LogP contribution >= 0.6 is 0 Å². The van der Waals surface area contributed by atoms with Crippen molar-refractivity contribution < 1.29 is 0 Å². The van der Waals surface area contributed by atoms with E-state index in [0.29, 0.717) is 6.04 Å². The summed E-state index contributed by atoms with van der Waals surface area (Å²) in [7, 11) is 0. The molecule has 2 unspecified atom stereocenters. The molecule has 0 bridgehead atoms. The van der Waals surface area contributed by atoms with Gasteiger partial charge in [0.25, 0.3) is 0 Å². The maximum atomic E-state index is 6.51. The van der Waals surface area contributed by atoms with Crippen LogP contribution in [-0.2, 0) is 6.42 Å². The summed E-state index contributed by atoms with van der Waals surface area (Å²) in [6, 6.07) is 9.15. The number of benzene rings is 1. The van der Waals surface area contributed by atoms with Crippen LogP contribution in [0.4, 0.5) is 0 Å². The molecule has 1 aromatic carbocycles. The third-order valence-corrected chi connectivity index (χ3v) is 4.60. The van der Waals surface area contributed by atoms with Crippen LogP contribution in [0.1, 0.15) is 57.3 Å². The predicted molar refractivity (Wildman–Crippen MR) is 83.8 cm³/mol. The SMILES string of the molecule is CCc1nc2ccccc2n1C1CCCCCCC1N. The highest BCUT2D eigenvalue weighted by atomic mass is 15.1. The fourth-order valence-corrected chi connectivity index (χ4v) is 3.53. The lowest BCUT2D eigenvalue weighted by Gasteiger charge is -2.29. The lowest BCUT2D eigenvalue weighted by molar-refractivity contribution is 0.327. The van der Waals surface area contributed by atoms with Crippen molar-refractivity contribution in [1.29, 1.82) is 0 Å². The Labute approximate surface area is 121 Å². The average molecular weight is 271 g/mol. The van der Waals surface area contributed by atoms with Crippen LogP contribution in [0.3, 0.4) is 0 Å². The van der Waals surface area contributed by atoms with Gasteiger partial charge in [0.1, 0.15) is 5.82 Å². The molecule has 3 heteroatoms. The summed E-state index contributed by atoms with van der Waals surface area (Å²) in [6.07, 6.45) is 8.54. The van der Waals surface area contributed by atoms with E-state index < -0.39 is 0 Å². The van der Waals surface area contributed by atoms with Crippen LogP contribution in [0.2, 0.25) is 0 Å². The van der Waals surface area contributed by atoms with E-state index in [1.165, 1.54) is 43.4 Å². The van der Waals surface area contributed by atoms with Gasteiger partial charge in [-0.05, 0) is 25.0 Å². The van der Waals surface area contributed by atoms with Crippen LogP contribution < -0.4 is 5.73 Å². The number of nitrogens with zero attached hydrogens (tertiary/aromatic N) is 2. The highest BCUT2D eigenvalue weighted by molar-refractivity contribution is 5.76. The number of nitrogens with two attached hydrogens (primary N) is 1. The zero-order valence-electron chi connectivity index (χ0n) is 12.4. The molecule has 0 aliphatic heterocycles. The smallest absolute Gasteiger partial charge is 0.109 e. The van der Waals surface area contributed by atoms with Gasteiger partial charge >= 0.3 is 0 Å². The monoisotopic (exact) mass is 271 g/mol. The van der Waals surface area contributed by atoms with Gasteiger partial charge in [0.15, 0.2) is 0 Å². The first-order chi connectivity index (χ1) is 9.81. The molecular formula is C17H25N3. The van der Waals surface area contributed by atoms with Crippen LogP contribution in [0, 0.1) is 0 Å². The Morgan fingerprint density at radius 1 is 1.15 bits per heavy atom. The van der Waals surface area contributed by atoms with Gasteiger partial charge in [-0.2, -0.15) is 0 Å². The molecule has 108 valence electrons. The molecule has 0 spiro atoms. The first-order valence-electron chi connectivity index (χ1n) is 8.02. The van der Waals surface area contributed by atoms with E-state index >= 15 is 0 Å². The molecule has 1 aromatic heterocycles. The minimum absolute atomic E-state index is 0.262. The molecule has 3 nitrogen and oxygen atoms in total. The number of para-hydroxylation sites is 2. The van der Waals surface area contributed by atoms with Crippen LogP contribution in [0.15, 0.2) is 24.3 Å². The number of imidazole rings is 1. The third-order valence-electron chi connectivity index (χ3n) is 4.60. The average Bonchev–Trinajstić information content (AvgIpc) is 2.82. The van der Waals surface area contributed by atoms with Crippen molar-refractivity contribution in [3.8, 4) is 0 Å². The standard InChI is InChI=1S/C17H25N3/c1-2-17-19-14-10-7-8-12-16(14)20(17)15-11-6-4-3-5-9-13(15)18/h7-8,10,12-13,15H,2-6,9,11,18H2,1H3. The molecule has 2 aromatic rings. The number of aromatic nitrogens is 2. The Morgan fingerprint density at radius 3 is 2.70 bits per heavy atom. The second-order valence-corrected chi connectivity index (χ2v) is 5.96. The largest absolute Gasteiger partial charge is 0.326 e. The highest BCUT2D eigenvalue weighted by Gasteiger charge is 2.24. The third kappa shape index (κ3) is 2.47. The van der Waals surface area contributed by atoms with Gasteiger partial charge < -0.3 is 10.3 Å². The first kappa shape index (κ1) is 13.6. The van der Waals surface area contributed by atoms with Gasteiger partial charge in [-0.1, -0.05) is 44.7 Å². The normalized spacial score (nSPS) is 24.5. The van der Waals surface area contributed by atoms with Crippen LogP contribution in [-0.4, -0.2) is 15.6 Å². The van der Waals surface area contributed by atoms with E-state index in [1.54, 1.807) is 0 Å². The quantitative estimate of drug-likeness (QED) is 0.902. The summed E-state index contributed by atoms with van der Waals surface area (Å²) in [5.41, 5.74) is 8.87. The van der Waals surface area contributed by atoms with Crippen LogP contribution in [0.25, 0.3) is 11.0 Å². The minimum Gasteiger partial charge on any atom is -0.326 e. The van der Waals surface area contributed by atoms with E-state index in [2.05, 4.69) is 35.8 Å². The summed E-state index contributed by atoms with van der Waals surface area (Å²) in [5.74, 6) is 1.19. The zero-order valence-corrected chi connectivity index (χ0v) is 12.4. The Morgan fingerprint density at radius 2 is 1.90 bits per heavy atom. The molecular weight excluding hydrogens is 246 g/mol. The minimum atomic E-state index is 0.262. The Balaban J connectivity index is 2.06. The molecule has 2 atom stereocenters. The Hall–Kier alpha value is -1.35. The summed E-state index contributed by atoms with van der Waals surface area (Å²) >= 11 is 0. The second-order valence-electron chi connectivity index (χ2n) is 5.96. The maximum absolute atomic E-state index is 6.51. The van der Waals surface area contributed by atoms with Crippen molar-refractivity contribution in [2.45, 2.75) is 64.0 Å². The van der Waals surface area contributed by atoms with E-state index in [4.69, 9.17) is 10.7 Å². The molecule has 2 N–H and O–H groups in total. The maximum Gasteiger partial charge on any atom is 0.109 e. The van der Waals surface area contributed by atoms with Crippen molar-refractivity contribution in [1.82, 2.24) is 9.55 Å². The van der Waals surface area contributed by atoms with Crippen molar-refractivity contribution in [3.63, 3.8) is 0 Å². The van der Waals surface area contributed by atoms with Gasteiger partial charge in [-0.25, -0.2) is 4.98 Å². The molecule has 1 saturated carbocycles. The second kappa shape index (κ2) is 5.96. The molecule has 1 fully saturated rings. The summed E-state index contributed by atoms with van der Waals surface area (Å²) in [4.78, 5) is 4.80. The van der Waals surface area contributed by atoms with E-state index in [1.807, 2.05) is 0 Å². The van der Waals surface area contributed by atoms with Crippen LogP contribution in [0.5, 0.6) is 0 Å². The fourth-order valence-electron chi connectivity index (χ4n) is 3.53. The van der Waals surface area contributed by atoms with Gasteiger partial charge in [0, 0.05) is 12.5 Å².